The number of aromatic carboxylic acids is 1. The summed E-state index contributed by atoms with van der Waals surface area (Å²) in [5, 5.41) is 8.78. The van der Waals surface area contributed by atoms with Crippen molar-refractivity contribution in [3.8, 4) is 0 Å². The van der Waals surface area contributed by atoms with E-state index in [-0.39, 0.29) is 51.4 Å². The number of carboxylic acid groups (broad SMARTS) is 1. The fraction of sp³-hybridized carbons (Fsp3) is 0.300. The van der Waals surface area contributed by atoms with Crippen LogP contribution in [0, 0.1) is 20.8 Å². The second-order valence-electron chi connectivity index (χ2n) is 2.99. The predicted octanol–water partition coefficient (Wildman–Crippen LogP) is 1.66. The molecule has 0 fully saturated rings. The van der Waals surface area contributed by atoms with Crippen LogP contribution < -0.4 is 0 Å². The Morgan fingerprint density at radius 3 is 2.15 bits per heavy atom. The first-order chi connectivity index (χ1) is 5.54. The standard InChI is InChI=1S/C10H12O2.K.H/c1-6-4-5-9(10(11)12)8(3)7(6)2;;/h4-5H,1-3H3,(H,11,12);;. The van der Waals surface area contributed by atoms with E-state index in [1.165, 1.54) is 0 Å². The maximum atomic E-state index is 10.7. The second-order valence-corrected chi connectivity index (χ2v) is 2.99. The number of carboxylic acids is 1. The molecule has 0 radical (unpaired) electrons. The van der Waals surface area contributed by atoms with E-state index in [9.17, 15) is 4.79 Å². The first-order valence-corrected chi connectivity index (χ1v) is 3.84. The number of carbonyl (C=O) groups is 1. The molecule has 0 aromatic heterocycles. The van der Waals surface area contributed by atoms with Crippen molar-refractivity contribution in [3.63, 3.8) is 0 Å². The molecule has 0 aliphatic rings. The van der Waals surface area contributed by atoms with E-state index >= 15 is 0 Å². The molecule has 0 spiro atoms. The molecule has 0 heterocycles. The number of hydrogen-bond donors (Lipinski definition) is 1. The van der Waals surface area contributed by atoms with Crippen LogP contribution in [0.3, 0.4) is 0 Å². The van der Waals surface area contributed by atoms with Gasteiger partial charge in [-0.25, -0.2) is 4.79 Å². The summed E-state index contributed by atoms with van der Waals surface area (Å²) in [6, 6.07) is 3.49. The van der Waals surface area contributed by atoms with Gasteiger partial charge in [0.05, 0.1) is 5.56 Å². The molecular weight excluding hydrogens is 191 g/mol. The van der Waals surface area contributed by atoms with E-state index in [2.05, 4.69) is 0 Å². The summed E-state index contributed by atoms with van der Waals surface area (Å²) >= 11 is 0. The normalized spacial score (nSPS) is 9.15. The van der Waals surface area contributed by atoms with Gasteiger partial charge in [-0.05, 0) is 43.5 Å². The Hall–Kier alpha value is 0.326. The monoisotopic (exact) mass is 204 g/mol. The van der Waals surface area contributed by atoms with E-state index in [0.29, 0.717) is 5.56 Å². The van der Waals surface area contributed by atoms with Gasteiger partial charge in [-0.15, -0.1) is 0 Å². The van der Waals surface area contributed by atoms with Crippen LogP contribution in [-0.4, -0.2) is 62.5 Å². The van der Waals surface area contributed by atoms with Crippen LogP contribution in [0.15, 0.2) is 12.1 Å². The summed E-state index contributed by atoms with van der Waals surface area (Å²) in [5.74, 6) is -0.851. The number of rotatable bonds is 1. The Morgan fingerprint density at radius 2 is 1.69 bits per heavy atom. The quantitative estimate of drug-likeness (QED) is 0.706. The SMILES string of the molecule is Cc1ccc(C(=O)O)c(C)c1C.[KH]. The van der Waals surface area contributed by atoms with Gasteiger partial charge >= 0.3 is 57.4 Å². The molecule has 0 saturated carbocycles. The van der Waals surface area contributed by atoms with Crippen LogP contribution in [0.25, 0.3) is 0 Å². The Labute approximate surface area is 121 Å². The van der Waals surface area contributed by atoms with Gasteiger partial charge in [0.2, 0.25) is 0 Å². The van der Waals surface area contributed by atoms with Gasteiger partial charge < -0.3 is 5.11 Å². The molecule has 0 bridgehead atoms. The third kappa shape index (κ3) is 2.89. The van der Waals surface area contributed by atoms with Crippen molar-refractivity contribution in [1.29, 1.82) is 0 Å². The zero-order valence-corrected chi connectivity index (χ0v) is 7.51. The molecule has 2 nitrogen and oxygen atoms in total. The van der Waals surface area contributed by atoms with Gasteiger partial charge in [-0.3, -0.25) is 0 Å². The van der Waals surface area contributed by atoms with Gasteiger partial charge in [0.25, 0.3) is 0 Å². The van der Waals surface area contributed by atoms with E-state index < -0.39 is 5.97 Å². The third-order valence-corrected chi connectivity index (χ3v) is 2.29. The fourth-order valence-electron chi connectivity index (χ4n) is 1.19. The summed E-state index contributed by atoms with van der Waals surface area (Å²) in [5.41, 5.74) is 3.47. The van der Waals surface area contributed by atoms with Crippen LogP contribution >= 0.6 is 0 Å². The van der Waals surface area contributed by atoms with Crippen LogP contribution in [-0.2, 0) is 0 Å². The molecule has 66 valence electrons. The third-order valence-electron chi connectivity index (χ3n) is 2.29. The molecule has 0 saturated heterocycles. The van der Waals surface area contributed by atoms with Gasteiger partial charge in [-0.1, -0.05) is 6.07 Å². The van der Waals surface area contributed by atoms with Crippen LogP contribution in [0.5, 0.6) is 0 Å². The molecule has 1 rings (SSSR count). The Balaban J connectivity index is 0.00000144. The molecule has 1 aromatic rings. The maximum absolute atomic E-state index is 10.7. The topological polar surface area (TPSA) is 37.3 Å². The average Bonchev–Trinajstić information content (AvgIpc) is 2.00. The van der Waals surface area contributed by atoms with E-state index in [0.717, 1.165) is 16.7 Å². The summed E-state index contributed by atoms with van der Waals surface area (Å²) < 4.78 is 0. The van der Waals surface area contributed by atoms with Gasteiger partial charge in [-0.2, -0.15) is 0 Å². The number of benzene rings is 1. The predicted molar refractivity (Wildman–Crippen MR) is 54.8 cm³/mol. The zero-order valence-electron chi connectivity index (χ0n) is 7.51. The summed E-state index contributed by atoms with van der Waals surface area (Å²) in [6.45, 7) is 5.76. The van der Waals surface area contributed by atoms with Crippen LogP contribution in [0.1, 0.15) is 27.0 Å². The summed E-state index contributed by atoms with van der Waals surface area (Å²) in [7, 11) is 0. The molecule has 0 aliphatic heterocycles. The minimum absolute atomic E-state index is 0. The average molecular weight is 204 g/mol. The Bertz CT molecular complexity index is 332. The van der Waals surface area contributed by atoms with Crippen molar-refractivity contribution in [1.82, 2.24) is 0 Å². The van der Waals surface area contributed by atoms with Crippen molar-refractivity contribution in [2.75, 3.05) is 0 Å². The van der Waals surface area contributed by atoms with Crippen LogP contribution in [0.2, 0.25) is 0 Å². The summed E-state index contributed by atoms with van der Waals surface area (Å²) in [4.78, 5) is 10.7. The fourth-order valence-corrected chi connectivity index (χ4v) is 1.19. The van der Waals surface area contributed by atoms with Gasteiger partial charge in [0, 0.05) is 0 Å². The van der Waals surface area contributed by atoms with E-state index in [1.54, 1.807) is 6.07 Å². The van der Waals surface area contributed by atoms with Crippen molar-refractivity contribution in [3.05, 3.63) is 34.4 Å². The van der Waals surface area contributed by atoms with Crippen molar-refractivity contribution >= 4 is 57.4 Å². The van der Waals surface area contributed by atoms with Crippen molar-refractivity contribution in [2.45, 2.75) is 20.8 Å². The number of hydrogen-bond acceptors (Lipinski definition) is 1. The zero-order chi connectivity index (χ0) is 9.30. The molecule has 1 aromatic carbocycles. The van der Waals surface area contributed by atoms with Gasteiger partial charge in [0.1, 0.15) is 0 Å². The van der Waals surface area contributed by atoms with E-state index in [1.807, 2.05) is 26.8 Å². The Morgan fingerprint density at radius 1 is 1.15 bits per heavy atom. The molecular formula is C10H13KO2. The molecule has 0 unspecified atom stereocenters. The molecule has 13 heavy (non-hydrogen) atoms. The molecule has 1 N–H and O–H groups in total. The molecule has 0 aliphatic carbocycles. The first-order valence-electron chi connectivity index (χ1n) is 3.84. The Kier molecular flexibility index (Phi) is 5.40. The van der Waals surface area contributed by atoms with Gasteiger partial charge in [0.15, 0.2) is 0 Å². The molecule has 3 heteroatoms. The summed E-state index contributed by atoms with van der Waals surface area (Å²) in [6.07, 6.45) is 0. The van der Waals surface area contributed by atoms with E-state index in [4.69, 9.17) is 5.11 Å². The minimum atomic E-state index is -0.851. The molecule has 0 amide bonds. The first kappa shape index (κ1) is 13.3. The number of aryl methyl sites for hydroxylation is 1. The second kappa shape index (κ2) is 5.27. The van der Waals surface area contributed by atoms with Crippen molar-refractivity contribution in [2.24, 2.45) is 0 Å². The van der Waals surface area contributed by atoms with Crippen LogP contribution in [0.4, 0.5) is 0 Å². The molecule has 0 atom stereocenters. The van der Waals surface area contributed by atoms with Crippen molar-refractivity contribution < 1.29 is 9.90 Å².